The number of hydrogen-bond acceptors (Lipinski definition) is 4. The molecule has 5 heteroatoms. The largest absolute Gasteiger partial charge is 0.525 e. The summed E-state index contributed by atoms with van der Waals surface area (Å²) in [6.45, 7) is 1.70. The average Bonchev–Trinajstić information content (AvgIpc) is 2.54. The summed E-state index contributed by atoms with van der Waals surface area (Å²) >= 11 is 0. The lowest BCUT2D eigenvalue weighted by Gasteiger charge is -2.01. The maximum Gasteiger partial charge on any atom is 0.525 e. The normalized spacial score (nSPS) is 11.3. The van der Waals surface area contributed by atoms with Gasteiger partial charge in [0.25, 0.3) is 0 Å². The maximum absolute atomic E-state index is 11.7. The van der Waals surface area contributed by atoms with Crippen LogP contribution in [-0.2, 0) is 22.2 Å². The molecule has 0 bridgehead atoms. The molecule has 0 radical (unpaired) electrons. The summed E-state index contributed by atoms with van der Waals surface area (Å²) in [5.74, 6) is 0. The van der Waals surface area contributed by atoms with Crippen LogP contribution >= 0.6 is 8.03 Å². The molecule has 0 aliphatic heterocycles. The Labute approximate surface area is 126 Å². The Morgan fingerprint density at radius 2 is 1.33 bits per heavy atom. The molecular formula is C16H20N2O2P+. The van der Waals surface area contributed by atoms with E-state index in [1.807, 2.05) is 60.7 Å². The minimum absolute atomic E-state index is 0.289. The predicted octanol–water partition coefficient (Wildman–Crippen LogP) is 3.24. The molecule has 0 aliphatic rings. The van der Waals surface area contributed by atoms with Gasteiger partial charge < -0.3 is 0 Å². The van der Waals surface area contributed by atoms with E-state index in [0.29, 0.717) is 19.4 Å². The smallest absolute Gasteiger partial charge is 0.286 e. The van der Waals surface area contributed by atoms with Gasteiger partial charge in [-0.25, -0.2) is 0 Å². The van der Waals surface area contributed by atoms with Crippen molar-refractivity contribution in [1.29, 1.82) is 0 Å². The van der Waals surface area contributed by atoms with Gasteiger partial charge in [-0.3, -0.25) is 10.6 Å². The van der Waals surface area contributed by atoms with Crippen LogP contribution in [0.2, 0.25) is 0 Å². The Hall–Kier alpha value is -1.58. The van der Waals surface area contributed by atoms with Crippen molar-refractivity contribution in [2.75, 3.05) is 13.0 Å². The third-order valence-corrected chi connectivity index (χ3v) is 3.79. The summed E-state index contributed by atoms with van der Waals surface area (Å²) in [6.07, 6.45) is 0.358. The molecule has 4 nitrogen and oxygen atoms in total. The highest BCUT2D eigenvalue weighted by Crippen LogP contribution is 2.18. The van der Waals surface area contributed by atoms with E-state index < -0.39 is 8.03 Å². The van der Waals surface area contributed by atoms with Gasteiger partial charge in [-0.05, 0) is 15.7 Å². The molecule has 0 aliphatic carbocycles. The van der Waals surface area contributed by atoms with Gasteiger partial charge in [-0.1, -0.05) is 60.7 Å². The summed E-state index contributed by atoms with van der Waals surface area (Å²) in [4.78, 5) is 0. The highest BCUT2D eigenvalue weighted by Gasteiger charge is 2.15. The van der Waals surface area contributed by atoms with Gasteiger partial charge in [0.1, 0.15) is 0 Å². The van der Waals surface area contributed by atoms with Gasteiger partial charge in [0.05, 0.1) is 0 Å². The molecule has 0 spiro atoms. The zero-order valence-corrected chi connectivity index (χ0v) is 12.8. The van der Waals surface area contributed by atoms with Crippen molar-refractivity contribution < 1.29 is 9.09 Å². The van der Waals surface area contributed by atoms with Crippen LogP contribution in [0.1, 0.15) is 11.1 Å². The molecule has 1 atom stereocenters. The van der Waals surface area contributed by atoms with E-state index in [4.69, 9.17) is 4.52 Å². The highest BCUT2D eigenvalue weighted by atomic mass is 31.1. The lowest BCUT2D eigenvalue weighted by molar-refractivity contribution is 0.293. The fourth-order valence-corrected chi connectivity index (χ4v) is 2.46. The van der Waals surface area contributed by atoms with Crippen molar-refractivity contribution in [2.24, 2.45) is 0 Å². The van der Waals surface area contributed by atoms with E-state index in [1.54, 1.807) is 0 Å². The van der Waals surface area contributed by atoms with Crippen molar-refractivity contribution in [3.63, 3.8) is 0 Å². The van der Waals surface area contributed by atoms with Gasteiger partial charge in [0, 0.05) is 13.1 Å². The molecule has 2 aromatic rings. The second-order valence-electron chi connectivity index (χ2n) is 4.59. The Bertz CT molecular complexity index is 534. The van der Waals surface area contributed by atoms with Crippen LogP contribution in [0.4, 0.5) is 0 Å². The SMILES string of the molecule is O=[P+](CNCc1ccccc1)OCNCc1ccccc1. The second kappa shape index (κ2) is 9.37. The van der Waals surface area contributed by atoms with E-state index in [-0.39, 0.29) is 6.73 Å². The van der Waals surface area contributed by atoms with Crippen LogP contribution in [0.5, 0.6) is 0 Å². The predicted molar refractivity (Wildman–Crippen MR) is 85.0 cm³/mol. The third kappa shape index (κ3) is 6.61. The van der Waals surface area contributed by atoms with Crippen molar-refractivity contribution in [1.82, 2.24) is 10.6 Å². The fourth-order valence-electron chi connectivity index (χ4n) is 1.84. The molecular weight excluding hydrogens is 283 g/mol. The lowest BCUT2D eigenvalue weighted by Crippen LogP contribution is -2.17. The Kier molecular flexibility index (Phi) is 7.05. The van der Waals surface area contributed by atoms with Crippen LogP contribution in [0.3, 0.4) is 0 Å². The first-order valence-electron chi connectivity index (χ1n) is 6.91. The van der Waals surface area contributed by atoms with Crippen molar-refractivity contribution in [3.05, 3.63) is 71.8 Å². The summed E-state index contributed by atoms with van der Waals surface area (Å²) in [5.41, 5.74) is 2.35. The standard InChI is InChI=1S/C16H20N2O2P/c19-21(14-18-12-16-9-5-2-6-10-16)20-13-17-11-15-7-3-1-4-8-15/h1-10,17-18H,11-14H2/q+1. The molecule has 0 heterocycles. The summed E-state index contributed by atoms with van der Waals surface area (Å²) < 4.78 is 16.9. The van der Waals surface area contributed by atoms with Crippen LogP contribution in [-0.4, -0.2) is 13.0 Å². The summed E-state index contributed by atoms with van der Waals surface area (Å²) in [6, 6.07) is 20.0. The Balaban J connectivity index is 1.54. The number of rotatable bonds is 9. The molecule has 21 heavy (non-hydrogen) atoms. The second-order valence-corrected chi connectivity index (χ2v) is 5.83. The molecule has 0 amide bonds. The number of hydrogen-bond donors (Lipinski definition) is 2. The van der Waals surface area contributed by atoms with Gasteiger partial charge in [0.2, 0.25) is 6.29 Å². The third-order valence-electron chi connectivity index (χ3n) is 2.90. The zero-order chi connectivity index (χ0) is 14.8. The molecule has 2 rings (SSSR count). The monoisotopic (exact) mass is 303 g/mol. The summed E-state index contributed by atoms with van der Waals surface area (Å²) in [7, 11) is -1.68. The quantitative estimate of drug-likeness (QED) is 0.424. The number of nitrogens with one attached hydrogen (secondary N) is 2. The van der Waals surface area contributed by atoms with E-state index in [9.17, 15) is 4.57 Å². The molecule has 0 fully saturated rings. The first-order chi connectivity index (χ1) is 10.3. The maximum atomic E-state index is 11.7. The topological polar surface area (TPSA) is 50.4 Å². The molecule has 0 saturated heterocycles. The van der Waals surface area contributed by atoms with Crippen molar-refractivity contribution in [2.45, 2.75) is 13.1 Å². The molecule has 1 unspecified atom stereocenters. The minimum atomic E-state index is -1.68. The van der Waals surface area contributed by atoms with Gasteiger partial charge in [0.15, 0.2) is 6.73 Å². The first-order valence-corrected chi connectivity index (χ1v) is 8.28. The van der Waals surface area contributed by atoms with Gasteiger partial charge >= 0.3 is 8.03 Å². The van der Waals surface area contributed by atoms with E-state index in [1.165, 1.54) is 11.1 Å². The fraction of sp³-hybridized carbons (Fsp3) is 0.250. The van der Waals surface area contributed by atoms with Crippen molar-refractivity contribution >= 4 is 8.03 Å². The lowest BCUT2D eigenvalue weighted by atomic mass is 10.2. The molecule has 0 saturated carbocycles. The highest BCUT2D eigenvalue weighted by molar-refractivity contribution is 7.39. The van der Waals surface area contributed by atoms with Gasteiger partial charge in [-0.2, -0.15) is 0 Å². The molecule has 2 aromatic carbocycles. The van der Waals surface area contributed by atoms with Gasteiger partial charge in [-0.15, -0.1) is 4.52 Å². The van der Waals surface area contributed by atoms with E-state index in [0.717, 1.165) is 0 Å². The summed E-state index contributed by atoms with van der Waals surface area (Å²) in [5, 5.41) is 6.23. The molecule has 0 aromatic heterocycles. The zero-order valence-electron chi connectivity index (χ0n) is 11.9. The van der Waals surface area contributed by atoms with Crippen LogP contribution in [0.25, 0.3) is 0 Å². The molecule has 110 valence electrons. The minimum Gasteiger partial charge on any atom is -0.286 e. The van der Waals surface area contributed by atoms with E-state index >= 15 is 0 Å². The molecule has 2 N–H and O–H groups in total. The Morgan fingerprint density at radius 1 is 0.810 bits per heavy atom. The van der Waals surface area contributed by atoms with Crippen molar-refractivity contribution in [3.8, 4) is 0 Å². The van der Waals surface area contributed by atoms with E-state index in [2.05, 4.69) is 10.6 Å². The Morgan fingerprint density at radius 3 is 1.90 bits per heavy atom. The van der Waals surface area contributed by atoms with Crippen LogP contribution in [0, 0.1) is 0 Å². The number of benzene rings is 2. The van der Waals surface area contributed by atoms with Crippen LogP contribution < -0.4 is 10.6 Å². The van der Waals surface area contributed by atoms with Crippen LogP contribution in [0.15, 0.2) is 60.7 Å². The first kappa shape index (κ1) is 15.8. The average molecular weight is 303 g/mol.